The maximum atomic E-state index is 11.8. The Hall–Kier alpha value is -1.62. The summed E-state index contributed by atoms with van der Waals surface area (Å²) in [7, 11) is 0. The van der Waals surface area contributed by atoms with E-state index in [2.05, 4.69) is 0 Å². The molecule has 78 valence electrons. The van der Waals surface area contributed by atoms with E-state index in [-0.39, 0.29) is 18.1 Å². The highest BCUT2D eigenvalue weighted by Gasteiger charge is 2.14. The lowest BCUT2D eigenvalue weighted by Crippen LogP contribution is -2.10. The van der Waals surface area contributed by atoms with Crippen LogP contribution in [0.5, 0.6) is 0 Å². The minimum Gasteiger partial charge on any atom is -0.294 e. The average molecular weight is 201 g/mol. The largest absolute Gasteiger partial charge is 0.294 e. The van der Waals surface area contributed by atoms with Crippen LogP contribution in [0.4, 0.5) is 0 Å². The molecule has 0 aromatic heterocycles. The fourth-order valence-corrected chi connectivity index (χ4v) is 1.41. The Labute approximate surface area is 90.5 Å². The van der Waals surface area contributed by atoms with Gasteiger partial charge in [0.05, 0.1) is 6.07 Å². The zero-order valence-corrected chi connectivity index (χ0v) is 9.37. The molecule has 2 heteroatoms. The van der Waals surface area contributed by atoms with Crippen molar-refractivity contribution in [2.45, 2.75) is 27.2 Å². The van der Waals surface area contributed by atoms with Crippen LogP contribution in [0.3, 0.4) is 0 Å². The predicted molar refractivity (Wildman–Crippen MR) is 59.6 cm³/mol. The zero-order valence-electron chi connectivity index (χ0n) is 9.37. The van der Waals surface area contributed by atoms with Crippen molar-refractivity contribution >= 4 is 5.78 Å². The lowest BCUT2D eigenvalue weighted by atomic mass is 9.95. The normalized spacial score (nSPS) is 11.9. The Morgan fingerprint density at radius 3 is 2.60 bits per heavy atom. The van der Waals surface area contributed by atoms with Gasteiger partial charge in [-0.05, 0) is 31.0 Å². The van der Waals surface area contributed by atoms with E-state index in [0.717, 1.165) is 5.56 Å². The molecule has 1 aromatic carbocycles. The van der Waals surface area contributed by atoms with Gasteiger partial charge in [-0.25, -0.2) is 0 Å². The number of carbonyl (C=O) groups is 1. The number of Topliss-reactive ketones (excluding diaryl/α,β-unsaturated/α-hetero) is 1. The number of nitrogens with zero attached hydrogens (tertiary/aromatic N) is 1. The van der Waals surface area contributed by atoms with Gasteiger partial charge in [-0.15, -0.1) is 0 Å². The summed E-state index contributed by atoms with van der Waals surface area (Å²) in [5.41, 5.74) is 3.00. The van der Waals surface area contributed by atoms with Crippen molar-refractivity contribution in [3.8, 4) is 6.07 Å². The number of benzene rings is 1. The van der Waals surface area contributed by atoms with Crippen molar-refractivity contribution in [2.24, 2.45) is 5.92 Å². The lowest BCUT2D eigenvalue weighted by Gasteiger charge is -2.08. The first-order valence-corrected chi connectivity index (χ1v) is 5.04. The molecule has 0 amide bonds. The van der Waals surface area contributed by atoms with Crippen molar-refractivity contribution < 1.29 is 4.79 Å². The second-order valence-electron chi connectivity index (χ2n) is 3.93. The number of rotatable bonds is 3. The van der Waals surface area contributed by atoms with Gasteiger partial charge >= 0.3 is 0 Å². The van der Waals surface area contributed by atoms with Crippen molar-refractivity contribution in [2.75, 3.05) is 0 Å². The molecule has 1 atom stereocenters. The molecule has 0 aliphatic carbocycles. The second-order valence-corrected chi connectivity index (χ2v) is 3.93. The quantitative estimate of drug-likeness (QED) is 0.705. The van der Waals surface area contributed by atoms with Crippen LogP contribution in [0.2, 0.25) is 0 Å². The summed E-state index contributed by atoms with van der Waals surface area (Å²) in [6.45, 7) is 5.80. The van der Waals surface area contributed by atoms with E-state index in [9.17, 15) is 4.79 Å². The van der Waals surface area contributed by atoms with Gasteiger partial charge in [0.1, 0.15) is 0 Å². The molecule has 1 aromatic rings. The molecule has 0 saturated heterocycles. The zero-order chi connectivity index (χ0) is 11.4. The van der Waals surface area contributed by atoms with Crippen LogP contribution in [-0.4, -0.2) is 5.78 Å². The van der Waals surface area contributed by atoms with E-state index in [0.29, 0.717) is 5.56 Å². The van der Waals surface area contributed by atoms with Crippen molar-refractivity contribution in [1.29, 1.82) is 5.26 Å². The fourth-order valence-electron chi connectivity index (χ4n) is 1.41. The molecule has 1 rings (SSSR count). The molecule has 15 heavy (non-hydrogen) atoms. The molecule has 0 spiro atoms. The molecule has 0 saturated carbocycles. The first-order valence-electron chi connectivity index (χ1n) is 5.04. The van der Waals surface area contributed by atoms with Gasteiger partial charge in [-0.1, -0.05) is 19.1 Å². The van der Waals surface area contributed by atoms with Gasteiger partial charge in [0, 0.05) is 17.9 Å². The third-order valence-corrected chi connectivity index (χ3v) is 2.64. The summed E-state index contributed by atoms with van der Waals surface area (Å²) in [6, 6.07) is 7.70. The summed E-state index contributed by atoms with van der Waals surface area (Å²) in [6.07, 6.45) is 0.283. The van der Waals surface area contributed by atoms with Gasteiger partial charge in [-0.2, -0.15) is 5.26 Å². The van der Waals surface area contributed by atoms with E-state index >= 15 is 0 Å². The van der Waals surface area contributed by atoms with Gasteiger partial charge in [0.2, 0.25) is 0 Å². The lowest BCUT2D eigenvalue weighted by molar-refractivity contribution is 0.0932. The van der Waals surface area contributed by atoms with E-state index in [1.54, 1.807) is 6.92 Å². The fraction of sp³-hybridized carbons (Fsp3) is 0.385. The van der Waals surface area contributed by atoms with Crippen LogP contribution in [0.1, 0.15) is 34.8 Å². The van der Waals surface area contributed by atoms with Crippen LogP contribution in [0.15, 0.2) is 18.2 Å². The number of hydrogen-bond donors (Lipinski definition) is 0. The standard InChI is InChI=1S/C13H15NO/c1-9-4-5-12(8-11(9)3)13(15)10(2)6-7-14/h4-5,8,10H,6H2,1-3H3. The molecule has 0 aliphatic rings. The van der Waals surface area contributed by atoms with Crippen LogP contribution >= 0.6 is 0 Å². The second kappa shape index (κ2) is 4.75. The molecule has 2 nitrogen and oxygen atoms in total. The van der Waals surface area contributed by atoms with E-state index in [4.69, 9.17) is 5.26 Å². The summed E-state index contributed by atoms with van der Waals surface area (Å²) in [5.74, 6) is -0.156. The number of aryl methyl sites for hydroxylation is 2. The van der Waals surface area contributed by atoms with E-state index in [1.807, 2.05) is 38.1 Å². The maximum absolute atomic E-state index is 11.8. The van der Waals surface area contributed by atoms with Crippen LogP contribution in [0.25, 0.3) is 0 Å². The Morgan fingerprint density at radius 1 is 1.40 bits per heavy atom. The molecule has 0 bridgehead atoms. The Kier molecular flexibility index (Phi) is 3.62. The monoisotopic (exact) mass is 201 g/mol. The molecular formula is C13H15NO. The van der Waals surface area contributed by atoms with E-state index in [1.165, 1.54) is 5.56 Å². The highest BCUT2D eigenvalue weighted by Crippen LogP contribution is 2.15. The van der Waals surface area contributed by atoms with Gasteiger partial charge in [0.15, 0.2) is 5.78 Å². The average Bonchev–Trinajstić information content (AvgIpc) is 2.21. The number of ketones is 1. The Morgan fingerprint density at radius 2 is 2.07 bits per heavy atom. The van der Waals surface area contributed by atoms with Crippen LogP contribution < -0.4 is 0 Å². The third kappa shape index (κ3) is 2.66. The van der Waals surface area contributed by atoms with Crippen molar-refractivity contribution in [3.05, 3.63) is 34.9 Å². The Balaban J connectivity index is 2.93. The number of carbonyl (C=O) groups excluding carboxylic acids is 1. The number of hydrogen-bond acceptors (Lipinski definition) is 2. The van der Waals surface area contributed by atoms with Crippen LogP contribution in [0, 0.1) is 31.1 Å². The molecule has 0 fully saturated rings. The summed E-state index contributed by atoms with van der Waals surface area (Å²) < 4.78 is 0. The van der Waals surface area contributed by atoms with E-state index < -0.39 is 0 Å². The molecule has 0 heterocycles. The highest BCUT2D eigenvalue weighted by molar-refractivity contribution is 5.98. The molecule has 0 N–H and O–H groups in total. The molecule has 0 radical (unpaired) electrons. The predicted octanol–water partition coefficient (Wildman–Crippen LogP) is 3.04. The third-order valence-electron chi connectivity index (χ3n) is 2.64. The van der Waals surface area contributed by atoms with Gasteiger partial charge in [-0.3, -0.25) is 4.79 Å². The van der Waals surface area contributed by atoms with Crippen molar-refractivity contribution in [1.82, 2.24) is 0 Å². The molecule has 1 unspecified atom stereocenters. The Bertz CT molecular complexity index is 415. The SMILES string of the molecule is Cc1ccc(C(=O)C(C)CC#N)cc1C. The van der Waals surface area contributed by atoms with Crippen LogP contribution in [-0.2, 0) is 0 Å². The smallest absolute Gasteiger partial charge is 0.166 e. The summed E-state index contributed by atoms with van der Waals surface area (Å²) in [4.78, 5) is 11.8. The summed E-state index contributed by atoms with van der Waals surface area (Å²) >= 11 is 0. The number of nitriles is 1. The molecule has 0 aliphatic heterocycles. The first-order chi connectivity index (χ1) is 7.06. The highest BCUT2D eigenvalue weighted by atomic mass is 16.1. The minimum absolute atomic E-state index is 0.0552. The van der Waals surface area contributed by atoms with Gasteiger partial charge < -0.3 is 0 Å². The van der Waals surface area contributed by atoms with Crippen molar-refractivity contribution in [3.63, 3.8) is 0 Å². The first kappa shape index (κ1) is 11.5. The summed E-state index contributed by atoms with van der Waals surface area (Å²) in [5, 5.41) is 8.53. The molecular weight excluding hydrogens is 186 g/mol. The van der Waals surface area contributed by atoms with Gasteiger partial charge in [0.25, 0.3) is 0 Å². The maximum Gasteiger partial charge on any atom is 0.166 e. The topological polar surface area (TPSA) is 40.9 Å². The minimum atomic E-state index is -0.211.